The van der Waals surface area contributed by atoms with Crippen molar-refractivity contribution in [3.63, 3.8) is 0 Å². The molecule has 0 aliphatic rings. The molecule has 2 heteroatoms. The van der Waals surface area contributed by atoms with Gasteiger partial charge < -0.3 is 0 Å². The van der Waals surface area contributed by atoms with Crippen LogP contribution in [0, 0.1) is 0 Å². The normalized spacial score (nSPS) is 9.46. The smallest absolute Gasteiger partial charge is 0.0550 e. The van der Waals surface area contributed by atoms with E-state index in [0.29, 0.717) is 5.92 Å². The van der Waals surface area contributed by atoms with Crippen LogP contribution in [0.5, 0.6) is 0 Å². The molecule has 0 radical (unpaired) electrons. The fourth-order valence-corrected chi connectivity index (χ4v) is 1.31. The summed E-state index contributed by atoms with van der Waals surface area (Å²) in [6.07, 6.45) is 0. The summed E-state index contributed by atoms with van der Waals surface area (Å²) in [6.45, 7) is 8.30. The van der Waals surface area contributed by atoms with E-state index in [1.54, 1.807) is 0 Å². The predicted molar refractivity (Wildman–Crippen MR) is 64.6 cm³/mol. The molecule has 0 heterocycles. The molecule has 0 N–H and O–H groups in total. The lowest BCUT2D eigenvalue weighted by atomic mass is 10.0. The number of rotatable bonds is 1. The van der Waals surface area contributed by atoms with Gasteiger partial charge in [0.05, 0.1) is 5.02 Å². The molecule has 0 bridgehead atoms. The van der Waals surface area contributed by atoms with E-state index in [0.717, 1.165) is 9.50 Å². The van der Waals surface area contributed by atoms with Crippen molar-refractivity contribution in [3.8, 4) is 0 Å². The Morgan fingerprint density at radius 2 is 1.77 bits per heavy atom. The molecule has 1 aromatic carbocycles. The van der Waals surface area contributed by atoms with Crippen molar-refractivity contribution >= 4 is 27.5 Å². The molecule has 0 unspecified atom stereocenters. The highest BCUT2D eigenvalue weighted by molar-refractivity contribution is 9.10. The Morgan fingerprint density at radius 1 is 1.23 bits per heavy atom. The molecule has 0 amide bonds. The molecule has 0 aromatic heterocycles. The fourth-order valence-electron chi connectivity index (χ4n) is 0.871. The maximum atomic E-state index is 5.91. The van der Waals surface area contributed by atoms with Crippen LogP contribution in [-0.2, 0) is 0 Å². The Bertz CT molecular complexity index is 256. The second-order valence-electron chi connectivity index (χ2n) is 2.83. The summed E-state index contributed by atoms with van der Waals surface area (Å²) >= 11 is 9.26. The van der Waals surface area contributed by atoms with Crippen molar-refractivity contribution in [1.29, 1.82) is 0 Å². The third-order valence-electron chi connectivity index (χ3n) is 1.61. The molecular formula is C11H16BrCl. The minimum absolute atomic E-state index is 0.542. The van der Waals surface area contributed by atoms with Crippen LogP contribution in [0.4, 0.5) is 0 Å². The maximum absolute atomic E-state index is 5.91. The van der Waals surface area contributed by atoms with Gasteiger partial charge >= 0.3 is 0 Å². The number of benzene rings is 1. The van der Waals surface area contributed by atoms with Gasteiger partial charge in [0.2, 0.25) is 0 Å². The van der Waals surface area contributed by atoms with Gasteiger partial charge in [-0.25, -0.2) is 0 Å². The number of hydrogen-bond acceptors (Lipinski definition) is 0. The first-order chi connectivity index (χ1) is 6.11. The first-order valence-corrected chi connectivity index (χ1v) is 5.73. The lowest BCUT2D eigenvalue weighted by molar-refractivity contribution is 0.866. The van der Waals surface area contributed by atoms with Crippen molar-refractivity contribution < 1.29 is 0 Å². The molecule has 13 heavy (non-hydrogen) atoms. The summed E-state index contributed by atoms with van der Waals surface area (Å²) < 4.78 is 0.962. The Labute approximate surface area is 94.4 Å². The van der Waals surface area contributed by atoms with Crippen molar-refractivity contribution in [2.75, 3.05) is 0 Å². The first kappa shape index (κ1) is 13.0. The maximum Gasteiger partial charge on any atom is 0.0550 e. The van der Waals surface area contributed by atoms with Crippen LogP contribution in [-0.4, -0.2) is 0 Å². The van der Waals surface area contributed by atoms with Gasteiger partial charge in [-0.1, -0.05) is 45.4 Å². The van der Waals surface area contributed by atoms with Gasteiger partial charge in [-0.3, -0.25) is 0 Å². The highest BCUT2D eigenvalue weighted by Gasteiger charge is 2.01. The van der Waals surface area contributed by atoms with Crippen LogP contribution in [0.15, 0.2) is 22.7 Å². The van der Waals surface area contributed by atoms with E-state index >= 15 is 0 Å². The quantitative estimate of drug-likeness (QED) is 0.649. The summed E-state index contributed by atoms with van der Waals surface area (Å²) in [5.41, 5.74) is 1.28. The van der Waals surface area contributed by atoms with E-state index in [9.17, 15) is 0 Å². The van der Waals surface area contributed by atoms with Gasteiger partial charge in [0.25, 0.3) is 0 Å². The van der Waals surface area contributed by atoms with Crippen molar-refractivity contribution in [1.82, 2.24) is 0 Å². The zero-order valence-corrected chi connectivity index (χ0v) is 10.9. The number of halogens is 2. The van der Waals surface area contributed by atoms with Crippen LogP contribution in [0.3, 0.4) is 0 Å². The summed E-state index contributed by atoms with van der Waals surface area (Å²) in [4.78, 5) is 0. The molecule has 0 fully saturated rings. The van der Waals surface area contributed by atoms with Crippen LogP contribution in [0.1, 0.15) is 39.2 Å². The molecule has 0 saturated heterocycles. The second-order valence-corrected chi connectivity index (χ2v) is 4.09. The predicted octanol–water partition coefficient (Wildman–Crippen LogP) is 5.25. The monoisotopic (exact) mass is 262 g/mol. The Balaban J connectivity index is 0.000000671. The molecule has 0 nitrogen and oxygen atoms in total. The van der Waals surface area contributed by atoms with E-state index in [-0.39, 0.29) is 0 Å². The van der Waals surface area contributed by atoms with Gasteiger partial charge in [-0.05, 0) is 39.5 Å². The second kappa shape index (κ2) is 6.44. The van der Waals surface area contributed by atoms with Crippen molar-refractivity contribution in [3.05, 3.63) is 33.3 Å². The van der Waals surface area contributed by atoms with Gasteiger partial charge in [-0.15, -0.1) is 0 Å². The molecule has 0 saturated carbocycles. The van der Waals surface area contributed by atoms with E-state index in [2.05, 4.69) is 35.8 Å². The summed E-state index contributed by atoms with van der Waals surface area (Å²) in [6, 6.07) is 6.06. The highest BCUT2D eigenvalue weighted by atomic mass is 79.9. The van der Waals surface area contributed by atoms with Crippen LogP contribution < -0.4 is 0 Å². The molecule has 1 aromatic rings. The summed E-state index contributed by atoms with van der Waals surface area (Å²) in [5.74, 6) is 0.542. The minimum atomic E-state index is 0.542. The first-order valence-electron chi connectivity index (χ1n) is 4.56. The Morgan fingerprint density at radius 3 is 2.15 bits per heavy atom. The Hall–Kier alpha value is -0.0100. The number of hydrogen-bond donors (Lipinski definition) is 0. The van der Waals surface area contributed by atoms with Crippen LogP contribution >= 0.6 is 27.5 Å². The highest BCUT2D eigenvalue weighted by Crippen LogP contribution is 2.26. The van der Waals surface area contributed by atoms with Gasteiger partial charge in [0.15, 0.2) is 0 Å². The fraction of sp³-hybridized carbons (Fsp3) is 0.455. The largest absolute Gasteiger partial charge is 0.0831 e. The SMILES string of the molecule is CC.CC(C)c1ccc(Br)c(Cl)c1. The zero-order valence-electron chi connectivity index (χ0n) is 8.57. The molecule has 74 valence electrons. The standard InChI is InChI=1S/C9H10BrCl.C2H6/c1-6(2)7-3-4-8(10)9(11)5-7;1-2/h3-6H,1-2H3;1-2H3. The van der Waals surface area contributed by atoms with Crippen LogP contribution in [0.2, 0.25) is 5.02 Å². The molecule has 0 spiro atoms. The minimum Gasteiger partial charge on any atom is -0.0831 e. The molecule has 1 rings (SSSR count). The van der Waals surface area contributed by atoms with Gasteiger partial charge in [0.1, 0.15) is 0 Å². The molecule has 0 atom stereocenters. The third-order valence-corrected chi connectivity index (χ3v) is 2.84. The summed E-state index contributed by atoms with van der Waals surface area (Å²) in [7, 11) is 0. The van der Waals surface area contributed by atoms with Gasteiger partial charge in [-0.2, -0.15) is 0 Å². The van der Waals surface area contributed by atoms with E-state index in [4.69, 9.17) is 11.6 Å². The topological polar surface area (TPSA) is 0 Å². The van der Waals surface area contributed by atoms with Gasteiger partial charge in [0, 0.05) is 4.47 Å². The molecular weight excluding hydrogens is 247 g/mol. The van der Waals surface area contributed by atoms with E-state index in [1.807, 2.05) is 26.0 Å². The molecule has 0 aliphatic carbocycles. The third kappa shape index (κ3) is 4.15. The van der Waals surface area contributed by atoms with Crippen LogP contribution in [0.25, 0.3) is 0 Å². The zero-order chi connectivity index (χ0) is 10.4. The average molecular weight is 264 g/mol. The summed E-state index contributed by atoms with van der Waals surface area (Å²) in [5, 5.41) is 0.788. The van der Waals surface area contributed by atoms with Crippen molar-refractivity contribution in [2.45, 2.75) is 33.6 Å². The van der Waals surface area contributed by atoms with E-state index < -0.39 is 0 Å². The lowest BCUT2D eigenvalue weighted by Crippen LogP contribution is -1.85. The average Bonchev–Trinajstić information content (AvgIpc) is 2.13. The van der Waals surface area contributed by atoms with E-state index in [1.165, 1.54) is 5.56 Å². The van der Waals surface area contributed by atoms with Crippen molar-refractivity contribution in [2.24, 2.45) is 0 Å². The lowest BCUT2D eigenvalue weighted by Gasteiger charge is -2.05. The Kier molecular flexibility index (Phi) is 6.44. The molecule has 0 aliphatic heterocycles.